The second kappa shape index (κ2) is 7.84. The molecular weight excluding hydrogens is 408 g/mol. The maximum absolute atomic E-state index is 13.4. The Bertz CT molecular complexity index is 951. The molecule has 0 aliphatic heterocycles. The maximum atomic E-state index is 13.4. The Morgan fingerprint density at radius 1 is 1.16 bits per heavy atom. The minimum absolute atomic E-state index is 0.0250. The highest BCUT2D eigenvalue weighted by molar-refractivity contribution is 7.86. The van der Waals surface area contributed by atoms with Crippen LogP contribution in [0.3, 0.4) is 0 Å². The first-order chi connectivity index (χ1) is 14.6. The fourth-order valence-corrected chi connectivity index (χ4v) is 8.77. The number of carbonyl (C=O) groups is 1. The Balaban J connectivity index is 1.60. The summed E-state index contributed by atoms with van der Waals surface area (Å²) in [5.74, 6) is 0.250. The zero-order valence-corrected chi connectivity index (χ0v) is 19.9. The van der Waals surface area contributed by atoms with Crippen LogP contribution in [0, 0.1) is 22.7 Å². The van der Waals surface area contributed by atoms with Gasteiger partial charge >= 0.3 is 0 Å². The molecule has 5 atom stereocenters. The third-order valence-electron chi connectivity index (χ3n) is 9.13. The van der Waals surface area contributed by atoms with Gasteiger partial charge in [-0.3, -0.25) is 8.98 Å². The first-order valence-corrected chi connectivity index (χ1v) is 13.3. The van der Waals surface area contributed by atoms with Crippen molar-refractivity contribution in [3.8, 4) is 0 Å². The van der Waals surface area contributed by atoms with E-state index in [0.29, 0.717) is 25.2 Å². The number of rotatable bonds is 7. The van der Waals surface area contributed by atoms with Gasteiger partial charge in [-0.15, -0.1) is 6.58 Å². The normalized spacial score (nSPS) is 34.4. The summed E-state index contributed by atoms with van der Waals surface area (Å²) in [6.45, 7) is 10.4. The smallest absolute Gasteiger partial charge is 0.268 e. The lowest BCUT2D eigenvalue weighted by molar-refractivity contribution is -0.128. The lowest BCUT2D eigenvalue weighted by Gasteiger charge is -2.43. The molecule has 1 aromatic carbocycles. The zero-order chi connectivity index (χ0) is 22.5. The van der Waals surface area contributed by atoms with Crippen LogP contribution >= 0.6 is 0 Å². The Hall–Kier alpha value is -1.46. The molecule has 170 valence electrons. The van der Waals surface area contributed by atoms with E-state index in [-0.39, 0.29) is 28.3 Å². The first-order valence-electron chi connectivity index (χ1n) is 11.7. The van der Waals surface area contributed by atoms with E-state index in [4.69, 9.17) is 4.18 Å². The van der Waals surface area contributed by atoms with Crippen molar-refractivity contribution < 1.29 is 17.4 Å². The van der Waals surface area contributed by atoms with E-state index >= 15 is 0 Å². The van der Waals surface area contributed by atoms with Gasteiger partial charge in [-0.2, -0.15) is 8.42 Å². The van der Waals surface area contributed by atoms with Crippen molar-refractivity contribution in [1.82, 2.24) is 0 Å². The van der Waals surface area contributed by atoms with E-state index in [9.17, 15) is 13.2 Å². The van der Waals surface area contributed by atoms with Crippen LogP contribution < -0.4 is 0 Å². The predicted octanol–water partition coefficient (Wildman–Crippen LogP) is 5.43. The molecule has 3 aliphatic carbocycles. The second-order valence-electron chi connectivity index (χ2n) is 10.7. The van der Waals surface area contributed by atoms with Gasteiger partial charge in [-0.1, -0.05) is 70.0 Å². The summed E-state index contributed by atoms with van der Waals surface area (Å²) >= 11 is 0. The van der Waals surface area contributed by atoms with E-state index in [1.807, 2.05) is 24.3 Å². The first kappa shape index (κ1) is 22.7. The highest BCUT2D eigenvalue weighted by atomic mass is 32.2. The SMILES string of the molecule is C=C[C@@](C)(c1ccccc1)[C@H]1CCCC[C@H]1OS(=O)(=O)C[C@]12CC[C@H](CC1=O)C2(C)C. The number of ketones is 1. The Morgan fingerprint density at radius 2 is 1.84 bits per heavy atom. The van der Waals surface area contributed by atoms with Gasteiger partial charge in [0.15, 0.2) is 0 Å². The minimum atomic E-state index is -3.85. The van der Waals surface area contributed by atoms with E-state index in [1.54, 1.807) is 0 Å². The highest BCUT2D eigenvalue weighted by Gasteiger charge is 2.65. The molecule has 4 nitrogen and oxygen atoms in total. The fourth-order valence-electron chi connectivity index (χ4n) is 6.81. The molecule has 1 aromatic rings. The van der Waals surface area contributed by atoms with Gasteiger partial charge in [-0.05, 0) is 48.5 Å². The van der Waals surface area contributed by atoms with Gasteiger partial charge < -0.3 is 0 Å². The van der Waals surface area contributed by atoms with Crippen molar-refractivity contribution in [1.29, 1.82) is 0 Å². The van der Waals surface area contributed by atoms with Crippen LogP contribution in [0.1, 0.15) is 71.3 Å². The summed E-state index contributed by atoms with van der Waals surface area (Å²) in [5, 5.41) is 0. The van der Waals surface area contributed by atoms with Crippen molar-refractivity contribution >= 4 is 15.9 Å². The third-order valence-corrected chi connectivity index (χ3v) is 10.5. The predicted molar refractivity (Wildman–Crippen MR) is 123 cm³/mol. The van der Waals surface area contributed by atoms with Gasteiger partial charge in [0.25, 0.3) is 10.1 Å². The molecule has 0 radical (unpaired) electrons. The van der Waals surface area contributed by atoms with E-state index in [1.165, 1.54) is 0 Å². The van der Waals surface area contributed by atoms with Crippen molar-refractivity contribution in [2.45, 2.75) is 77.2 Å². The molecule has 4 rings (SSSR count). The van der Waals surface area contributed by atoms with E-state index < -0.39 is 21.6 Å². The van der Waals surface area contributed by atoms with Crippen molar-refractivity contribution in [2.75, 3.05) is 5.75 Å². The number of fused-ring (bicyclic) bond motifs is 2. The molecule has 0 spiro atoms. The van der Waals surface area contributed by atoms with Gasteiger partial charge in [0.2, 0.25) is 0 Å². The molecule has 0 saturated heterocycles. The number of allylic oxidation sites excluding steroid dienone is 1. The molecule has 2 bridgehead atoms. The summed E-state index contributed by atoms with van der Waals surface area (Å²) in [5.41, 5.74) is -0.318. The van der Waals surface area contributed by atoms with Gasteiger partial charge in [0.05, 0.1) is 17.3 Å². The zero-order valence-electron chi connectivity index (χ0n) is 19.1. The lowest BCUT2D eigenvalue weighted by Crippen LogP contribution is -2.46. The number of hydrogen-bond donors (Lipinski definition) is 0. The molecule has 3 aliphatic rings. The quantitative estimate of drug-likeness (QED) is 0.415. The summed E-state index contributed by atoms with van der Waals surface area (Å²) in [6, 6.07) is 10.2. The summed E-state index contributed by atoms with van der Waals surface area (Å²) < 4.78 is 32.7. The van der Waals surface area contributed by atoms with Crippen molar-refractivity contribution in [3.05, 3.63) is 48.6 Å². The van der Waals surface area contributed by atoms with E-state index in [2.05, 4.69) is 39.5 Å². The fraction of sp³-hybridized carbons (Fsp3) is 0.654. The van der Waals surface area contributed by atoms with Crippen LogP contribution in [0.5, 0.6) is 0 Å². The largest absolute Gasteiger partial charge is 0.299 e. The molecule has 31 heavy (non-hydrogen) atoms. The molecule has 5 heteroatoms. The molecule has 0 aromatic heterocycles. The average Bonchev–Trinajstić information content (AvgIpc) is 3.08. The van der Waals surface area contributed by atoms with Crippen molar-refractivity contribution in [3.63, 3.8) is 0 Å². The molecule has 0 unspecified atom stereocenters. The number of carbonyl (C=O) groups excluding carboxylic acids is 1. The van der Waals surface area contributed by atoms with Crippen molar-refractivity contribution in [2.24, 2.45) is 22.7 Å². The molecule has 0 N–H and O–H groups in total. The standard InChI is InChI=1S/C26H36O4S/c1-5-25(4,19-11-7-6-8-12-19)21-13-9-10-14-22(21)30-31(28,29)18-26-16-15-20(17-23(26)27)24(26,2)3/h5-8,11-12,20-22H,1,9-10,13-18H2,2-4H3/t20-,21+,22-,25+,26-/m1/s1. The Morgan fingerprint density at radius 3 is 2.42 bits per heavy atom. The molecule has 0 heterocycles. The van der Waals surface area contributed by atoms with Crippen LogP contribution in [0.15, 0.2) is 43.0 Å². The van der Waals surface area contributed by atoms with Crippen LogP contribution in [-0.4, -0.2) is 26.1 Å². The van der Waals surface area contributed by atoms with Crippen LogP contribution in [0.4, 0.5) is 0 Å². The average molecular weight is 445 g/mol. The highest BCUT2D eigenvalue weighted by Crippen LogP contribution is 2.64. The van der Waals surface area contributed by atoms with Gasteiger partial charge in [0, 0.05) is 11.8 Å². The van der Waals surface area contributed by atoms with Crippen LogP contribution in [-0.2, 0) is 24.5 Å². The number of hydrogen-bond acceptors (Lipinski definition) is 4. The summed E-state index contributed by atoms with van der Waals surface area (Å²) in [6.07, 6.45) is 7.28. The Kier molecular flexibility index (Phi) is 5.75. The number of Topliss-reactive ketones (excluding diaryl/α,β-unsaturated/α-hetero) is 1. The molecule has 3 fully saturated rings. The Labute approximate surface area is 187 Å². The summed E-state index contributed by atoms with van der Waals surface area (Å²) in [4.78, 5) is 12.9. The lowest BCUT2D eigenvalue weighted by atomic mass is 9.65. The summed E-state index contributed by atoms with van der Waals surface area (Å²) in [7, 11) is -3.85. The monoisotopic (exact) mass is 444 g/mol. The minimum Gasteiger partial charge on any atom is -0.299 e. The van der Waals surface area contributed by atoms with Crippen LogP contribution in [0.2, 0.25) is 0 Å². The van der Waals surface area contributed by atoms with Gasteiger partial charge in [-0.25, -0.2) is 0 Å². The molecular formula is C26H36O4S. The van der Waals surface area contributed by atoms with Crippen LogP contribution in [0.25, 0.3) is 0 Å². The van der Waals surface area contributed by atoms with E-state index in [0.717, 1.165) is 31.2 Å². The molecule has 3 saturated carbocycles. The third kappa shape index (κ3) is 3.62. The number of benzene rings is 1. The van der Waals surface area contributed by atoms with Gasteiger partial charge in [0.1, 0.15) is 5.78 Å². The second-order valence-corrected chi connectivity index (χ2v) is 12.3. The maximum Gasteiger partial charge on any atom is 0.268 e. The molecule has 0 amide bonds. The topological polar surface area (TPSA) is 60.4 Å².